The molecular formula is C26H17Cl3F2N2O2. The van der Waals surface area contributed by atoms with Crippen LogP contribution in [0.1, 0.15) is 21.6 Å². The van der Waals surface area contributed by atoms with Gasteiger partial charge in [-0.2, -0.15) is 0 Å². The maximum atomic E-state index is 13.5. The van der Waals surface area contributed by atoms with Gasteiger partial charge in [-0.05, 0) is 59.7 Å². The number of aromatic nitrogens is 1. The van der Waals surface area contributed by atoms with Gasteiger partial charge in [0, 0.05) is 21.2 Å². The molecule has 0 atom stereocenters. The van der Waals surface area contributed by atoms with Crippen LogP contribution in [0.3, 0.4) is 0 Å². The number of hydrogen-bond acceptors (Lipinski definition) is 3. The van der Waals surface area contributed by atoms with Gasteiger partial charge in [0.1, 0.15) is 0 Å². The number of benzene rings is 3. The molecule has 0 unspecified atom stereocenters. The molecule has 0 saturated heterocycles. The average molecular weight is 534 g/mol. The Kier molecular flexibility index (Phi) is 7.67. The Balaban J connectivity index is 1.77. The SMILES string of the molecule is NC(=O)c1cc(-c2ccc(Cl)cc2)c(-c2ccc(Cl)cc2Cl)nc1COCc1ccc(F)c(F)c1. The monoisotopic (exact) mass is 532 g/mol. The zero-order chi connectivity index (χ0) is 25.1. The van der Waals surface area contributed by atoms with Crippen LogP contribution >= 0.6 is 34.8 Å². The lowest BCUT2D eigenvalue weighted by Crippen LogP contribution is -2.16. The fraction of sp³-hybridized carbons (Fsp3) is 0.0769. The van der Waals surface area contributed by atoms with E-state index in [0.29, 0.717) is 37.5 Å². The predicted molar refractivity (Wildman–Crippen MR) is 134 cm³/mol. The molecule has 178 valence electrons. The first-order valence-electron chi connectivity index (χ1n) is 10.3. The zero-order valence-electron chi connectivity index (χ0n) is 18.0. The summed E-state index contributed by atoms with van der Waals surface area (Å²) >= 11 is 18.6. The van der Waals surface area contributed by atoms with Crippen molar-refractivity contribution in [2.45, 2.75) is 13.2 Å². The van der Waals surface area contributed by atoms with Gasteiger partial charge in [0.05, 0.1) is 35.2 Å². The van der Waals surface area contributed by atoms with Crippen molar-refractivity contribution in [1.82, 2.24) is 4.98 Å². The van der Waals surface area contributed by atoms with Crippen LogP contribution in [-0.2, 0) is 18.0 Å². The van der Waals surface area contributed by atoms with Gasteiger partial charge in [-0.15, -0.1) is 0 Å². The smallest absolute Gasteiger partial charge is 0.250 e. The van der Waals surface area contributed by atoms with Crippen molar-refractivity contribution in [2.24, 2.45) is 5.73 Å². The Bertz CT molecular complexity index is 1410. The molecule has 2 N–H and O–H groups in total. The lowest BCUT2D eigenvalue weighted by Gasteiger charge is -2.16. The van der Waals surface area contributed by atoms with Crippen LogP contribution in [0.25, 0.3) is 22.4 Å². The van der Waals surface area contributed by atoms with Crippen molar-refractivity contribution in [2.75, 3.05) is 0 Å². The molecule has 0 radical (unpaired) electrons. The molecule has 35 heavy (non-hydrogen) atoms. The molecular weight excluding hydrogens is 517 g/mol. The average Bonchev–Trinajstić information content (AvgIpc) is 2.81. The summed E-state index contributed by atoms with van der Waals surface area (Å²) < 4.78 is 32.4. The van der Waals surface area contributed by atoms with Gasteiger partial charge >= 0.3 is 0 Å². The lowest BCUT2D eigenvalue weighted by atomic mass is 9.96. The molecule has 4 aromatic rings. The van der Waals surface area contributed by atoms with E-state index < -0.39 is 17.5 Å². The summed E-state index contributed by atoms with van der Waals surface area (Å²) in [5.41, 5.74) is 8.88. The highest BCUT2D eigenvalue weighted by Crippen LogP contribution is 2.37. The maximum absolute atomic E-state index is 13.5. The van der Waals surface area contributed by atoms with E-state index in [9.17, 15) is 13.6 Å². The fourth-order valence-electron chi connectivity index (χ4n) is 3.51. The molecule has 0 bridgehead atoms. The summed E-state index contributed by atoms with van der Waals surface area (Å²) in [5, 5.41) is 1.36. The Hall–Kier alpha value is -3.03. The summed E-state index contributed by atoms with van der Waals surface area (Å²) in [6.45, 7) is -0.149. The third-order valence-corrected chi connectivity index (χ3v) is 6.00. The molecule has 4 rings (SSSR count). The van der Waals surface area contributed by atoms with Crippen molar-refractivity contribution in [1.29, 1.82) is 0 Å². The molecule has 1 aromatic heterocycles. The van der Waals surface area contributed by atoms with Crippen LogP contribution in [0.2, 0.25) is 15.1 Å². The largest absolute Gasteiger partial charge is 0.370 e. The van der Waals surface area contributed by atoms with Crippen molar-refractivity contribution in [3.05, 3.63) is 110 Å². The van der Waals surface area contributed by atoms with Crippen LogP contribution in [0.15, 0.2) is 66.7 Å². The van der Waals surface area contributed by atoms with Gasteiger partial charge in [0.25, 0.3) is 5.91 Å². The van der Waals surface area contributed by atoms with E-state index in [-0.39, 0.29) is 24.5 Å². The third-order valence-electron chi connectivity index (χ3n) is 5.20. The van der Waals surface area contributed by atoms with E-state index in [0.717, 1.165) is 17.7 Å². The molecule has 0 saturated carbocycles. The number of amides is 1. The molecule has 9 heteroatoms. The van der Waals surface area contributed by atoms with Crippen molar-refractivity contribution in [3.8, 4) is 22.4 Å². The van der Waals surface area contributed by atoms with E-state index in [2.05, 4.69) is 0 Å². The van der Waals surface area contributed by atoms with Crippen LogP contribution in [0.5, 0.6) is 0 Å². The summed E-state index contributed by atoms with van der Waals surface area (Å²) in [4.78, 5) is 17.0. The first-order valence-corrected chi connectivity index (χ1v) is 11.4. The fourth-order valence-corrected chi connectivity index (χ4v) is 4.13. The van der Waals surface area contributed by atoms with Crippen LogP contribution < -0.4 is 5.73 Å². The normalized spacial score (nSPS) is 11.0. The third kappa shape index (κ3) is 5.80. The highest BCUT2D eigenvalue weighted by atomic mass is 35.5. The van der Waals surface area contributed by atoms with Crippen molar-refractivity contribution in [3.63, 3.8) is 0 Å². The topological polar surface area (TPSA) is 65.2 Å². The molecule has 0 aliphatic carbocycles. The van der Waals surface area contributed by atoms with E-state index in [4.69, 9.17) is 50.3 Å². The highest BCUT2D eigenvalue weighted by Gasteiger charge is 2.20. The number of hydrogen-bond donors (Lipinski definition) is 1. The molecule has 3 aromatic carbocycles. The number of carbonyl (C=O) groups is 1. The number of ether oxygens (including phenoxy) is 1. The van der Waals surface area contributed by atoms with Gasteiger partial charge in [0.15, 0.2) is 11.6 Å². The van der Waals surface area contributed by atoms with Crippen LogP contribution in [0.4, 0.5) is 8.78 Å². The van der Waals surface area contributed by atoms with Gasteiger partial charge < -0.3 is 10.5 Å². The van der Waals surface area contributed by atoms with Crippen molar-refractivity contribution < 1.29 is 18.3 Å². The Morgan fingerprint density at radius 2 is 1.54 bits per heavy atom. The first kappa shape index (κ1) is 25.1. The molecule has 0 aliphatic rings. The van der Waals surface area contributed by atoms with Crippen LogP contribution in [0, 0.1) is 11.6 Å². The number of rotatable bonds is 7. The molecule has 0 fully saturated rings. The van der Waals surface area contributed by atoms with Gasteiger partial charge in [-0.3, -0.25) is 4.79 Å². The van der Waals surface area contributed by atoms with Gasteiger partial charge in [0.2, 0.25) is 0 Å². The van der Waals surface area contributed by atoms with E-state index in [1.807, 2.05) is 0 Å². The predicted octanol–water partition coefficient (Wildman–Crippen LogP) is 7.47. The van der Waals surface area contributed by atoms with Gasteiger partial charge in [-0.25, -0.2) is 13.8 Å². The second kappa shape index (κ2) is 10.7. The Morgan fingerprint density at radius 3 is 2.20 bits per heavy atom. The van der Waals surface area contributed by atoms with E-state index in [1.165, 1.54) is 6.07 Å². The maximum Gasteiger partial charge on any atom is 0.250 e. The quantitative estimate of drug-likeness (QED) is 0.268. The zero-order valence-corrected chi connectivity index (χ0v) is 20.3. The number of nitrogens with zero attached hydrogens (tertiary/aromatic N) is 1. The summed E-state index contributed by atoms with van der Waals surface area (Å²) in [6, 6.07) is 17.1. The summed E-state index contributed by atoms with van der Waals surface area (Å²) in [5.74, 6) is -2.63. The minimum atomic E-state index is -0.978. The number of primary amides is 1. The minimum absolute atomic E-state index is 0.0347. The first-order chi connectivity index (χ1) is 16.7. The number of pyridine rings is 1. The number of nitrogens with two attached hydrogens (primary N) is 1. The summed E-state index contributed by atoms with van der Waals surface area (Å²) in [7, 11) is 0. The van der Waals surface area contributed by atoms with Crippen LogP contribution in [-0.4, -0.2) is 10.9 Å². The molecule has 1 heterocycles. The second-order valence-corrected chi connectivity index (χ2v) is 8.90. The second-order valence-electron chi connectivity index (χ2n) is 7.62. The lowest BCUT2D eigenvalue weighted by molar-refractivity contribution is 0.0956. The Labute approximate surface area is 215 Å². The molecule has 4 nitrogen and oxygen atoms in total. The van der Waals surface area contributed by atoms with E-state index in [1.54, 1.807) is 48.5 Å². The number of carbonyl (C=O) groups excluding carboxylic acids is 1. The molecule has 0 spiro atoms. The summed E-state index contributed by atoms with van der Waals surface area (Å²) in [6.07, 6.45) is 0. The highest BCUT2D eigenvalue weighted by molar-refractivity contribution is 6.36. The van der Waals surface area contributed by atoms with Gasteiger partial charge in [-0.1, -0.05) is 53.0 Å². The Morgan fingerprint density at radius 1 is 0.829 bits per heavy atom. The minimum Gasteiger partial charge on any atom is -0.370 e. The molecule has 1 amide bonds. The standard InChI is InChI=1S/C26H17Cl3F2N2O2/c27-16-4-2-15(3-5-16)19-11-20(26(32)34)24(13-35-12-14-1-8-22(30)23(31)9-14)33-25(19)18-7-6-17(28)10-21(18)29/h1-11H,12-13H2,(H2,32,34). The van der Waals surface area contributed by atoms with Crippen molar-refractivity contribution >= 4 is 40.7 Å². The molecule has 0 aliphatic heterocycles. The number of halogens is 5. The van der Waals surface area contributed by atoms with E-state index >= 15 is 0 Å².